The summed E-state index contributed by atoms with van der Waals surface area (Å²) in [6, 6.07) is 0.201. The fourth-order valence-electron chi connectivity index (χ4n) is 4.86. The maximum Gasteiger partial charge on any atom is 0.279 e. The number of rotatable bonds is 9. The summed E-state index contributed by atoms with van der Waals surface area (Å²) >= 11 is 6.36. The Morgan fingerprint density at radius 3 is 2.67 bits per heavy atom. The number of halogens is 1. The van der Waals surface area contributed by atoms with Gasteiger partial charge in [0.05, 0.1) is 30.6 Å². The number of nitrogens with zero attached hydrogens (tertiary/aromatic N) is 4. The number of nitrogens with one attached hydrogen (secondary N) is 4. The minimum Gasteiger partial charge on any atom is -0.392 e. The molecule has 4 atom stereocenters. The number of aromatic nitrogens is 2. The zero-order valence-corrected chi connectivity index (χ0v) is 20.7. The molecule has 0 radical (unpaired) electrons. The summed E-state index contributed by atoms with van der Waals surface area (Å²) in [5, 5.41) is 18.6. The molecule has 13 heteroatoms. The van der Waals surface area contributed by atoms with Crippen LogP contribution in [0, 0.1) is 11.8 Å². The van der Waals surface area contributed by atoms with Gasteiger partial charge in [-0.15, -0.1) is 0 Å². The van der Waals surface area contributed by atoms with Gasteiger partial charge in [0.25, 0.3) is 10.2 Å². The van der Waals surface area contributed by atoms with Crippen molar-refractivity contribution in [2.24, 2.45) is 11.8 Å². The number of hydrazine groups is 1. The summed E-state index contributed by atoms with van der Waals surface area (Å²) in [4.78, 5) is 8.87. The zero-order chi connectivity index (χ0) is 23.8. The van der Waals surface area contributed by atoms with Gasteiger partial charge in [0.1, 0.15) is 5.02 Å². The van der Waals surface area contributed by atoms with Crippen molar-refractivity contribution in [1.29, 1.82) is 0 Å². The SMILES string of the molecule is CCNS(=O)(=O)N1CC2CC(Nc3nc(NC4=CN(CC(C)O)NC4C)ncc3Cl)CC2C1. The molecule has 2 aliphatic heterocycles. The average Bonchev–Trinajstić information content (AvgIpc) is 3.38. The van der Waals surface area contributed by atoms with E-state index in [1.165, 1.54) is 0 Å². The number of hydrogen-bond acceptors (Lipinski definition) is 9. The zero-order valence-electron chi connectivity index (χ0n) is 19.1. The molecular weight excluding hydrogens is 468 g/mol. The molecule has 5 N–H and O–H groups in total. The topological polar surface area (TPSA) is 135 Å². The minimum absolute atomic E-state index is 0.0232. The van der Waals surface area contributed by atoms with Gasteiger partial charge in [0, 0.05) is 31.9 Å². The van der Waals surface area contributed by atoms with Gasteiger partial charge in [-0.25, -0.2) is 15.1 Å². The summed E-state index contributed by atoms with van der Waals surface area (Å²) in [7, 11) is -3.38. The Bertz CT molecular complexity index is 978. The molecule has 0 spiro atoms. The summed E-state index contributed by atoms with van der Waals surface area (Å²) in [6.45, 7) is 7.49. The molecule has 0 amide bonds. The van der Waals surface area contributed by atoms with Crippen LogP contribution in [0.5, 0.6) is 0 Å². The van der Waals surface area contributed by atoms with E-state index in [0.29, 0.717) is 54.8 Å². The van der Waals surface area contributed by atoms with Gasteiger partial charge < -0.3 is 20.7 Å². The van der Waals surface area contributed by atoms with Crippen LogP contribution < -0.4 is 20.8 Å². The lowest BCUT2D eigenvalue weighted by Gasteiger charge is -2.20. The van der Waals surface area contributed by atoms with Crippen molar-refractivity contribution < 1.29 is 13.5 Å². The van der Waals surface area contributed by atoms with Crippen molar-refractivity contribution in [2.75, 3.05) is 36.8 Å². The molecule has 33 heavy (non-hydrogen) atoms. The van der Waals surface area contributed by atoms with Crippen LogP contribution in [-0.4, -0.2) is 77.2 Å². The van der Waals surface area contributed by atoms with Crippen molar-refractivity contribution >= 4 is 33.6 Å². The monoisotopic (exact) mass is 500 g/mol. The predicted molar refractivity (Wildman–Crippen MR) is 128 cm³/mol. The molecular formula is C20H33ClN8O3S. The molecule has 4 unspecified atom stereocenters. The molecule has 184 valence electrons. The molecule has 1 aromatic heterocycles. The van der Waals surface area contributed by atoms with Crippen molar-refractivity contribution in [1.82, 2.24) is 29.4 Å². The Balaban J connectivity index is 1.36. The van der Waals surface area contributed by atoms with E-state index in [2.05, 4.69) is 30.7 Å². The first-order valence-electron chi connectivity index (χ1n) is 11.4. The van der Waals surface area contributed by atoms with E-state index in [1.807, 2.05) is 18.1 Å². The number of anilines is 2. The van der Waals surface area contributed by atoms with Gasteiger partial charge in [-0.1, -0.05) is 18.5 Å². The second-order valence-electron chi connectivity index (χ2n) is 9.10. The largest absolute Gasteiger partial charge is 0.392 e. The number of hydrogen-bond donors (Lipinski definition) is 5. The van der Waals surface area contributed by atoms with E-state index in [9.17, 15) is 13.5 Å². The summed E-state index contributed by atoms with van der Waals surface area (Å²) in [6.07, 6.45) is 4.75. The van der Waals surface area contributed by atoms with E-state index in [-0.39, 0.29) is 12.1 Å². The van der Waals surface area contributed by atoms with E-state index >= 15 is 0 Å². The molecule has 1 saturated heterocycles. The van der Waals surface area contributed by atoms with Crippen molar-refractivity contribution in [2.45, 2.75) is 51.8 Å². The van der Waals surface area contributed by atoms with Gasteiger partial charge in [0.15, 0.2) is 5.82 Å². The molecule has 2 fully saturated rings. The lowest BCUT2D eigenvalue weighted by molar-refractivity contribution is 0.129. The summed E-state index contributed by atoms with van der Waals surface area (Å²) in [5.74, 6) is 1.65. The first-order chi connectivity index (χ1) is 15.6. The van der Waals surface area contributed by atoms with Crippen LogP contribution >= 0.6 is 11.6 Å². The highest BCUT2D eigenvalue weighted by Crippen LogP contribution is 2.40. The van der Waals surface area contributed by atoms with Gasteiger partial charge in [-0.2, -0.15) is 17.7 Å². The Labute approximate surface area is 200 Å². The quantitative estimate of drug-likeness (QED) is 0.336. The van der Waals surface area contributed by atoms with Crippen LogP contribution in [0.15, 0.2) is 18.1 Å². The normalized spacial score (nSPS) is 28.6. The highest BCUT2D eigenvalue weighted by molar-refractivity contribution is 7.87. The van der Waals surface area contributed by atoms with Crippen LogP contribution in [0.3, 0.4) is 0 Å². The molecule has 1 aliphatic carbocycles. The first-order valence-corrected chi connectivity index (χ1v) is 13.2. The molecule has 1 aromatic rings. The number of β-amino-alcohol motifs (C(OH)–C–C–N with tert-alkyl or cyclic N) is 1. The smallest absolute Gasteiger partial charge is 0.279 e. The third-order valence-electron chi connectivity index (χ3n) is 6.31. The lowest BCUT2D eigenvalue weighted by atomic mass is 10.0. The Morgan fingerprint density at radius 1 is 1.33 bits per heavy atom. The van der Waals surface area contributed by atoms with Crippen molar-refractivity contribution in [3.8, 4) is 0 Å². The van der Waals surface area contributed by atoms with E-state index in [4.69, 9.17) is 11.6 Å². The lowest BCUT2D eigenvalue weighted by Crippen LogP contribution is -2.40. The van der Waals surface area contributed by atoms with Gasteiger partial charge in [0.2, 0.25) is 5.95 Å². The predicted octanol–water partition coefficient (Wildman–Crippen LogP) is 0.949. The molecule has 3 aliphatic rings. The summed E-state index contributed by atoms with van der Waals surface area (Å²) in [5.41, 5.74) is 4.14. The van der Waals surface area contributed by atoms with E-state index in [0.717, 1.165) is 18.5 Å². The second kappa shape index (κ2) is 9.88. The third kappa shape index (κ3) is 5.69. The maximum atomic E-state index is 12.3. The maximum absolute atomic E-state index is 12.3. The van der Waals surface area contributed by atoms with Gasteiger partial charge >= 0.3 is 0 Å². The van der Waals surface area contributed by atoms with Crippen LogP contribution in [0.2, 0.25) is 5.02 Å². The molecule has 1 saturated carbocycles. The standard InChI is InChI=1S/C20H33ClN8O3S/c1-4-23-33(31,32)29-9-14-5-16(6-15(14)10-29)24-19-17(21)7-22-20(26-19)25-18-11-28(8-12(2)30)27-13(18)3/h7,11-16,23,27,30H,4-6,8-10H2,1-3H3,(H2,22,24,25,26). The molecule has 11 nitrogen and oxygen atoms in total. The number of fused-ring (bicyclic) bond motifs is 1. The summed E-state index contributed by atoms with van der Waals surface area (Å²) < 4.78 is 28.7. The Morgan fingerprint density at radius 2 is 2.03 bits per heavy atom. The van der Waals surface area contributed by atoms with Crippen molar-refractivity contribution in [3.05, 3.63) is 23.1 Å². The van der Waals surface area contributed by atoms with E-state index < -0.39 is 16.3 Å². The highest BCUT2D eigenvalue weighted by atomic mass is 35.5. The molecule has 4 rings (SSSR count). The first kappa shape index (κ1) is 24.4. The fourth-order valence-corrected chi connectivity index (χ4v) is 6.33. The molecule has 0 aromatic carbocycles. The molecule has 0 bridgehead atoms. The fraction of sp³-hybridized carbons (Fsp3) is 0.700. The van der Waals surface area contributed by atoms with Crippen molar-refractivity contribution in [3.63, 3.8) is 0 Å². The van der Waals surface area contributed by atoms with Crippen LogP contribution in [0.4, 0.5) is 11.8 Å². The Kier molecular flexibility index (Phi) is 7.32. The number of aliphatic hydroxyl groups is 1. The third-order valence-corrected chi connectivity index (χ3v) is 8.22. The van der Waals surface area contributed by atoms with Crippen LogP contribution in [0.25, 0.3) is 0 Å². The van der Waals surface area contributed by atoms with Gasteiger partial charge in [-0.3, -0.25) is 0 Å². The molecule has 3 heterocycles. The number of aliphatic hydroxyl groups excluding tert-OH is 1. The minimum atomic E-state index is -3.38. The van der Waals surface area contributed by atoms with Crippen LogP contribution in [0.1, 0.15) is 33.6 Å². The van der Waals surface area contributed by atoms with Gasteiger partial charge in [-0.05, 0) is 38.5 Å². The second-order valence-corrected chi connectivity index (χ2v) is 11.3. The van der Waals surface area contributed by atoms with E-state index in [1.54, 1.807) is 24.3 Å². The highest BCUT2D eigenvalue weighted by Gasteiger charge is 2.44. The average molecular weight is 501 g/mol. The Hall–Kier alpha value is -1.70. The van der Waals surface area contributed by atoms with Crippen LogP contribution in [-0.2, 0) is 10.2 Å².